The minimum absolute atomic E-state index is 0.0996. The normalized spacial score (nSPS) is 23.5. The Morgan fingerprint density at radius 3 is 2.18 bits per heavy atom. The Hall–Kier alpha value is -0.730. The van der Waals surface area contributed by atoms with Crippen molar-refractivity contribution in [3.05, 3.63) is 0 Å². The second-order valence-corrected chi connectivity index (χ2v) is 5.14. The van der Waals surface area contributed by atoms with Crippen LogP contribution >= 0.6 is 0 Å². The molecule has 0 bridgehead atoms. The molecule has 0 radical (unpaired) electrons. The van der Waals surface area contributed by atoms with Gasteiger partial charge in [0.15, 0.2) is 0 Å². The van der Waals surface area contributed by atoms with Crippen molar-refractivity contribution in [2.75, 3.05) is 0 Å². The minimum Gasteiger partial charge on any atom is -0.444 e. The third-order valence-corrected chi connectivity index (χ3v) is 3.50. The molecule has 0 unspecified atom stereocenters. The molecule has 1 heterocycles. The van der Waals surface area contributed by atoms with Crippen molar-refractivity contribution in [1.29, 1.82) is 0 Å². The van der Waals surface area contributed by atoms with Gasteiger partial charge in [-0.3, -0.25) is 0 Å². The number of carbonyl (C=O) groups excluding carboxylic acids is 1. The lowest BCUT2D eigenvalue weighted by atomic mass is 10.0. The molecule has 0 aromatic heterocycles. The van der Waals surface area contributed by atoms with Gasteiger partial charge in [-0.05, 0) is 19.8 Å². The number of unbranched alkanes of at least 4 members (excludes halogenated alkanes) is 7. The number of rotatable bonds is 9. The van der Waals surface area contributed by atoms with Gasteiger partial charge >= 0.3 is 6.09 Å². The van der Waals surface area contributed by atoms with Crippen LogP contribution in [0.1, 0.15) is 71.6 Å². The van der Waals surface area contributed by atoms with Gasteiger partial charge in [-0.25, -0.2) is 4.79 Å². The molecule has 1 fully saturated rings. The third-order valence-electron chi connectivity index (χ3n) is 3.50. The quantitative estimate of drug-likeness (QED) is 0.619. The van der Waals surface area contributed by atoms with Crippen molar-refractivity contribution in [3.8, 4) is 0 Å². The van der Waals surface area contributed by atoms with Crippen molar-refractivity contribution in [2.45, 2.75) is 83.8 Å². The van der Waals surface area contributed by atoms with Crippen LogP contribution in [0, 0.1) is 0 Å². The van der Waals surface area contributed by atoms with E-state index in [1.807, 2.05) is 6.92 Å². The summed E-state index contributed by atoms with van der Waals surface area (Å²) in [6, 6.07) is 0.187. The summed E-state index contributed by atoms with van der Waals surface area (Å²) in [5.41, 5.74) is 0. The molecular formula is C14H27NO2. The van der Waals surface area contributed by atoms with E-state index in [-0.39, 0.29) is 18.2 Å². The van der Waals surface area contributed by atoms with E-state index in [9.17, 15) is 4.79 Å². The summed E-state index contributed by atoms with van der Waals surface area (Å²) < 4.78 is 5.18. The molecule has 2 atom stereocenters. The van der Waals surface area contributed by atoms with Gasteiger partial charge in [0.25, 0.3) is 0 Å². The molecular weight excluding hydrogens is 214 g/mol. The first-order valence-electron chi connectivity index (χ1n) is 7.21. The van der Waals surface area contributed by atoms with E-state index in [0.29, 0.717) is 0 Å². The Kier molecular flexibility index (Phi) is 7.06. The molecule has 0 saturated carbocycles. The lowest BCUT2D eigenvalue weighted by Gasteiger charge is -2.11. The first-order chi connectivity index (χ1) is 8.24. The zero-order valence-corrected chi connectivity index (χ0v) is 11.3. The standard InChI is InChI=1S/C14H27NO2/c1-3-4-5-6-7-8-9-10-11-13-12(2)15-14(16)17-13/h12-13H,3-11H2,1-2H3,(H,15,16)/t12-,13-/m0/s1. The van der Waals surface area contributed by atoms with E-state index in [4.69, 9.17) is 4.74 Å². The van der Waals surface area contributed by atoms with Crippen LogP contribution in [0.25, 0.3) is 0 Å². The second kappa shape index (κ2) is 8.37. The number of carbonyl (C=O) groups is 1. The van der Waals surface area contributed by atoms with Crippen LogP contribution in [0.5, 0.6) is 0 Å². The number of hydrogen-bond acceptors (Lipinski definition) is 2. The average Bonchev–Trinajstić information content (AvgIpc) is 2.61. The first kappa shape index (κ1) is 14.3. The fourth-order valence-corrected chi connectivity index (χ4v) is 2.34. The molecule has 100 valence electrons. The fourth-order valence-electron chi connectivity index (χ4n) is 2.34. The predicted octanol–water partition coefficient (Wildman–Crippen LogP) is 4.01. The molecule has 1 saturated heterocycles. The molecule has 1 rings (SSSR count). The van der Waals surface area contributed by atoms with Crippen LogP contribution in [-0.4, -0.2) is 18.2 Å². The molecule has 0 aromatic carbocycles. The fraction of sp³-hybridized carbons (Fsp3) is 0.929. The Bertz CT molecular complexity index is 218. The van der Waals surface area contributed by atoms with Crippen molar-refractivity contribution in [1.82, 2.24) is 5.32 Å². The average molecular weight is 241 g/mol. The molecule has 3 nitrogen and oxygen atoms in total. The van der Waals surface area contributed by atoms with Crippen LogP contribution in [0.3, 0.4) is 0 Å². The van der Waals surface area contributed by atoms with Gasteiger partial charge in [0, 0.05) is 0 Å². The first-order valence-corrected chi connectivity index (χ1v) is 7.21. The molecule has 1 aliphatic heterocycles. The number of ether oxygens (including phenoxy) is 1. The lowest BCUT2D eigenvalue weighted by Crippen LogP contribution is -2.27. The summed E-state index contributed by atoms with van der Waals surface area (Å²) in [6.45, 7) is 4.26. The van der Waals surface area contributed by atoms with E-state index in [1.54, 1.807) is 0 Å². The SMILES string of the molecule is CCCCCCCCCC[C@@H]1OC(=O)N[C@H]1C. The van der Waals surface area contributed by atoms with Gasteiger partial charge in [0.05, 0.1) is 6.04 Å². The molecule has 3 heteroatoms. The number of alkyl carbamates (subject to hydrolysis) is 1. The van der Waals surface area contributed by atoms with Gasteiger partial charge in [0.1, 0.15) is 6.10 Å². The maximum Gasteiger partial charge on any atom is 0.407 e. The van der Waals surface area contributed by atoms with Crippen LogP contribution < -0.4 is 5.32 Å². The lowest BCUT2D eigenvalue weighted by molar-refractivity contribution is 0.126. The summed E-state index contributed by atoms with van der Waals surface area (Å²) >= 11 is 0. The van der Waals surface area contributed by atoms with E-state index in [0.717, 1.165) is 6.42 Å². The summed E-state index contributed by atoms with van der Waals surface area (Å²) in [7, 11) is 0. The molecule has 0 spiro atoms. The van der Waals surface area contributed by atoms with Gasteiger partial charge in [-0.2, -0.15) is 0 Å². The second-order valence-electron chi connectivity index (χ2n) is 5.14. The van der Waals surface area contributed by atoms with E-state index < -0.39 is 0 Å². The predicted molar refractivity (Wildman–Crippen MR) is 70.1 cm³/mol. The van der Waals surface area contributed by atoms with Crippen molar-refractivity contribution >= 4 is 6.09 Å². The Morgan fingerprint density at radius 2 is 1.65 bits per heavy atom. The monoisotopic (exact) mass is 241 g/mol. The van der Waals surface area contributed by atoms with Gasteiger partial charge in [-0.1, -0.05) is 51.9 Å². The number of hydrogen-bond donors (Lipinski definition) is 1. The van der Waals surface area contributed by atoms with Crippen molar-refractivity contribution < 1.29 is 9.53 Å². The Labute approximate surface area is 105 Å². The Morgan fingerprint density at radius 1 is 1.06 bits per heavy atom. The highest BCUT2D eigenvalue weighted by Gasteiger charge is 2.29. The maximum atomic E-state index is 11.0. The molecule has 1 aliphatic rings. The smallest absolute Gasteiger partial charge is 0.407 e. The Balaban J connectivity index is 1.89. The summed E-state index contributed by atoms with van der Waals surface area (Å²) in [5, 5.41) is 2.78. The molecule has 0 aromatic rings. The zero-order valence-electron chi connectivity index (χ0n) is 11.3. The third kappa shape index (κ3) is 5.94. The van der Waals surface area contributed by atoms with Crippen LogP contribution in [-0.2, 0) is 4.74 Å². The number of nitrogens with one attached hydrogen (secondary N) is 1. The van der Waals surface area contributed by atoms with Crippen molar-refractivity contribution in [3.63, 3.8) is 0 Å². The number of amides is 1. The topological polar surface area (TPSA) is 38.3 Å². The van der Waals surface area contributed by atoms with Crippen LogP contribution in [0.15, 0.2) is 0 Å². The van der Waals surface area contributed by atoms with Crippen LogP contribution in [0.2, 0.25) is 0 Å². The van der Waals surface area contributed by atoms with E-state index >= 15 is 0 Å². The summed E-state index contributed by atoms with van der Waals surface area (Å²) in [6.07, 6.45) is 11.5. The minimum atomic E-state index is -0.248. The van der Waals surface area contributed by atoms with Gasteiger partial charge in [-0.15, -0.1) is 0 Å². The highest BCUT2D eigenvalue weighted by molar-refractivity contribution is 5.70. The summed E-state index contributed by atoms with van der Waals surface area (Å²) in [5.74, 6) is 0. The van der Waals surface area contributed by atoms with Crippen molar-refractivity contribution in [2.24, 2.45) is 0 Å². The largest absolute Gasteiger partial charge is 0.444 e. The van der Waals surface area contributed by atoms with Gasteiger partial charge < -0.3 is 10.1 Å². The molecule has 17 heavy (non-hydrogen) atoms. The molecule has 0 aliphatic carbocycles. The number of cyclic esters (lactones) is 1. The van der Waals surface area contributed by atoms with E-state index in [2.05, 4.69) is 12.2 Å². The maximum absolute atomic E-state index is 11.0. The van der Waals surface area contributed by atoms with Gasteiger partial charge in [0.2, 0.25) is 0 Å². The highest BCUT2D eigenvalue weighted by atomic mass is 16.6. The zero-order chi connectivity index (χ0) is 12.5. The molecule has 1 N–H and O–H groups in total. The highest BCUT2D eigenvalue weighted by Crippen LogP contribution is 2.16. The molecule has 1 amide bonds. The van der Waals surface area contributed by atoms with Crippen LogP contribution in [0.4, 0.5) is 4.79 Å². The van der Waals surface area contributed by atoms with E-state index in [1.165, 1.54) is 51.4 Å². The summed E-state index contributed by atoms with van der Waals surface area (Å²) in [4.78, 5) is 11.0.